The van der Waals surface area contributed by atoms with Gasteiger partial charge in [-0.1, -0.05) is 45.0 Å². The van der Waals surface area contributed by atoms with E-state index in [0.29, 0.717) is 6.04 Å². The van der Waals surface area contributed by atoms with Crippen LogP contribution in [-0.2, 0) is 6.42 Å². The first-order valence-corrected chi connectivity index (χ1v) is 6.37. The Morgan fingerprint density at radius 1 is 1.12 bits per heavy atom. The molecule has 1 aromatic carbocycles. The van der Waals surface area contributed by atoms with Crippen molar-refractivity contribution in [2.24, 2.45) is 5.92 Å². The Morgan fingerprint density at radius 3 is 2.44 bits per heavy atom. The van der Waals surface area contributed by atoms with Crippen LogP contribution in [0.4, 0.5) is 0 Å². The highest BCUT2D eigenvalue weighted by Crippen LogP contribution is 2.14. The molecule has 0 aliphatic rings. The van der Waals surface area contributed by atoms with Crippen molar-refractivity contribution in [1.82, 2.24) is 5.32 Å². The summed E-state index contributed by atoms with van der Waals surface area (Å²) in [6, 6.07) is 9.31. The Labute approximate surface area is 100 Å². The van der Waals surface area contributed by atoms with Gasteiger partial charge in [-0.15, -0.1) is 0 Å². The lowest BCUT2D eigenvalue weighted by molar-refractivity contribution is 0.475. The molecule has 16 heavy (non-hydrogen) atoms. The monoisotopic (exact) mass is 219 g/mol. The molecular formula is C15H25N. The number of nitrogens with one attached hydrogen (secondary N) is 1. The van der Waals surface area contributed by atoms with Crippen molar-refractivity contribution in [2.45, 2.75) is 46.6 Å². The lowest BCUT2D eigenvalue weighted by Crippen LogP contribution is -2.25. The zero-order chi connectivity index (χ0) is 12.0. The quantitative estimate of drug-likeness (QED) is 0.771. The fourth-order valence-corrected chi connectivity index (χ4v) is 1.94. The molecule has 0 radical (unpaired) electrons. The van der Waals surface area contributed by atoms with Crippen LogP contribution >= 0.6 is 0 Å². The molecule has 0 bridgehead atoms. The molecule has 1 atom stereocenters. The SMILES string of the molecule is Cc1ccccc1CC(C)CCNC(C)C. The van der Waals surface area contributed by atoms with Crippen LogP contribution in [0.2, 0.25) is 0 Å². The van der Waals surface area contributed by atoms with E-state index in [1.54, 1.807) is 0 Å². The van der Waals surface area contributed by atoms with Crippen molar-refractivity contribution in [3.05, 3.63) is 35.4 Å². The van der Waals surface area contributed by atoms with Crippen molar-refractivity contribution in [2.75, 3.05) is 6.54 Å². The minimum Gasteiger partial charge on any atom is -0.315 e. The number of aryl methyl sites for hydroxylation is 1. The fraction of sp³-hybridized carbons (Fsp3) is 0.600. The van der Waals surface area contributed by atoms with E-state index in [4.69, 9.17) is 0 Å². The van der Waals surface area contributed by atoms with Crippen LogP contribution in [0, 0.1) is 12.8 Å². The molecule has 90 valence electrons. The van der Waals surface area contributed by atoms with Crippen LogP contribution in [0.5, 0.6) is 0 Å². The standard InChI is InChI=1S/C15H25N/c1-12(2)16-10-9-13(3)11-15-8-6-5-7-14(15)4/h5-8,12-13,16H,9-11H2,1-4H3. The predicted molar refractivity (Wildman–Crippen MR) is 71.8 cm³/mol. The third-order valence-electron chi connectivity index (χ3n) is 3.02. The number of hydrogen-bond donors (Lipinski definition) is 1. The largest absolute Gasteiger partial charge is 0.315 e. The Kier molecular flexibility index (Phi) is 5.54. The van der Waals surface area contributed by atoms with Gasteiger partial charge in [0.1, 0.15) is 0 Å². The molecule has 1 aromatic rings. The Balaban J connectivity index is 2.34. The smallest absolute Gasteiger partial charge is 0.00103 e. The van der Waals surface area contributed by atoms with Crippen molar-refractivity contribution < 1.29 is 0 Å². The van der Waals surface area contributed by atoms with Crippen molar-refractivity contribution >= 4 is 0 Å². The predicted octanol–water partition coefficient (Wildman–Crippen LogP) is 3.56. The minimum absolute atomic E-state index is 0.602. The lowest BCUT2D eigenvalue weighted by Gasteiger charge is -2.15. The van der Waals surface area contributed by atoms with Crippen molar-refractivity contribution in [3.8, 4) is 0 Å². The van der Waals surface area contributed by atoms with Crippen LogP contribution in [-0.4, -0.2) is 12.6 Å². The molecule has 0 heterocycles. The Hall–Kier alpha value is -0.820. The van der Waals surface area contributed by atoms with Gasteiger partial charge in [0, 0.05) is 6.04 Å². The van der Waals surface area contributed by atoms with E-state index in [9.17, 15) is 0 Å². The van der Waals surface area contributed by atoms with Crippen molar-refractivity contribution in [3.63, 3.8) is 0 Å². The summed E-state index contributed by atoms with van der Waals surface area (Å²) in [5, 5.41) is 3.48. The highest BCUT2D eigenvalue weighted by Gasteiger charge is 2.05. The fourth-order valence-electron chi connectivity index (χ4n) is 1.94. The van der Waals surface area contributed by atoms with Gasteiger partial charge in [0.25, 0.3) is 0 Å². The van der Waals surface area contributed by atoms with Gasteiger partial charge in [-0.25, -0.2) is 0 Å². The second kappa shape index (κ2) is 6.70. The maximum Gasteiger partial charge on any atom is 0.00103 e. The van der Waals surface area contributed by atoms with Gasteiger partial charge in [-0.05, 0) is 43.4 Å². The van der Waals surface area contributed by atoms with E-state index in [-0.39, 0.29) is 0 Å². The molecule has 0 aromatic heterocycles. The first kappa shape index (κ1) is 13.2. The van der Waals surface area contributed by atoms with Crippen LogP contribution in [0.15, 0.2) is 24.3 Å². The summed E-state index contributed by atoms with van der Waals surface area (Å²) in [6.07, 6.45) is 2.46. The molecule has 0 spiro atoms. The Bertz CT molecular complexity index is 304. The molecule has 0 aliphatic carbocycles. The first-order chi connectivity index (χ1) is 7.59. The summed E-state index contributed by atoms with van der Waals surface area (Å²) in [7, 11) is 0. The van der Waals surface area contributed by atoms with E-state index >= 15 is 0 Å². The molecule has 0 amide bonds. The summed E-state index contributed by atoms with van der Waals surface area (Å²) in [5.74, 6) is 0.757. The zero-order valence-electron chi connectivity index (χ0n) is 11.1. The maximum atomic E-state index is 3.48. The second-order valence-electron chi connectivity index (χ2n) is 5.13. The lowest BCUT2D eigenvalue weighted by atomic mass is 9.95. The van der Waals surface area contributed by atoms with Gasteiger partial charge in [0.2, 0.25) is 0 Å². The molecule has 1 unspecified atom stereocenters. The summed E-state index contributed by atoms with van der Waals surface area (Å²) >= 11 is 0. The Morgan fingerprint density at radius 2 is 1.81 bits per heavy atom. The molecule has 0 saturated carbocycles. The maximum absolute atomic E-state index is 3.48. The van der Waals surface area contributed by atoms with Crippen LogP contribution < -0.4 is 5.32 Å². The molecule has 0 saturated heterocycles. The van der Waals surface area contributed by atoms with Gasteiger partial charge in [-0.2, -0.15) is 0 Å². The van der Waals surface area contributed by atoms with Gasteiger partial charge in [0.15, 0.2) is 0 Å². The summed E-state index contributed by atoms with van der Waals surface area (Å²) in [5.41, 5.74) is 2.92. The third-order valence-corrected chi connectivity index (χ3v) is 3.02. The van der Waals surface area contributed by atoms with E-state index in [2.05, 4.69) is 57.3 Å². The van der Waals surface area contributed by atoms with Gasteiger partial charge >= 0.3 is 0 Å². The number of rotatable bonds is 6. The normalized spacial score (nSPS) is 13.1. The topological polar surface area (TPSA) is 12.0 Å². The molecule has 1 N–H and O–H groups in total. The average molecular weight is 219 g/mol. The third kappa shape index (κ3) is 4.80. The number of benzene rings is 1. The summed E-state index contributed by atoms with van der Waals surface area (Å²) in [4.78, 5) is 0. The highest BCUT2D eigenvalue weighted by molar-refractivity contribution is 5.25. The molecule has 1 rings (SSSR count). The van der Waals surface area contributed by atoms with Crippen molar-refractivity contribution in [1.29, 1.82) is 0 Å². The van der Waals surface area contributed by atoms with Crippen LogP contribution in [0.25, 0.3) is 0 Å². The highest BCUT2D eigenvalue weighted by atomic mass is 14.9. The summed E-state index contributed by atoms with van der Waals surface area (Å²) in [6.45, 7) is 10.1. The second-order valence-corrected chi connectivity index (χ2v) is 5.13. The molecule has 1 heteroatoms. The van der Waals surface area contributed by atoms with E-state index < -0.39 is 0 Å². The average Bonchev–Trinajstić information content (AvgIpc) is 2.21. The first-order valence-electron chi connectivity index (χ1n) is 6.37. The van der Waals surface area contributed by atoms with Gasteiger partial charge in [-0.3, -0.25) is 0 Å². The molecule has 1 nitrogen and oxygen atoms in total. The minimum atomic E-state index is 0.602. The van der Waals surface area contributed by atoms with E-state index in [1.807, 2.05) is 0 Å². The van der Waals surface area contributed by atoms with Gasteiger partial charge < -0.3 is 5.32 Å². The molecule has 0 fully saturated rings. The molecule has 0 aliphatic heterocycles. The van der Waals surface area contributed by atoms with Crippen LogP contribution in [0.1, 0.15) is 38.3 Å². The number of hydrogen-bond acceptors (Lipinski definition) is 1. The zero-order valence-corrected chi connectivity index (χ0v) is 11.1. The summed E-state index contributed by atoms with van der Waals surface area (Å²) < 4.78 is 0. The molecular weight excluding hydrogens is 194 g/mol. The van der Waals surface area contributed by atoms with Gasteiger partial charge in [0.05, 0.1) is 0 Å². The van der Waals surface area contributed by atoms with Crippen LogP contribution in [0.3, 0.4) is 0 Å². The van der Waals surface area contributed by atoms with E-state index in [1.165, 1.54) is 24.0 Å². The van der Waals surface area contributed by atoms with E-state index in [0.717, 1.165) is 12.5 Å².